The van der Waals surface area contributed by atoms with Crippen molar-refractivity contribution in [1.29, 1.82) is 0 Å². The first-order valence-corrected chi connectivity index (χ1v) is 8.26. The highest BCUT2D eigenvalue weighted by Crippen LogP contribution is 2.28. The molecule has 2 heterocycles. The van der Waals surface area contributed by atoms with Gasteiger partial charge in [0.25, 0.3) is 5.91 Å². The molecule has 2 aromatic rings. The number of aromatic amines is 1. The summed E-state index contributed by atoms with van der Waals surface area (Å²) in [5, 5.41) is 13.4. The number of carbonyl (C=O) groups is 2. The van der Waals surface area contributed by atoms with E-state index < -0.39 is 17.4 Å². The van der Waals surface area contributed by atoms with Gasteiger partial charge in [-0.25, -0.2) is 14.9 Å². The van der Waals surface area contributed by atoms with E-state index in [0.717, 1.165) is 25.7 Å². The molecule has 0 spiro atoms. The van der Waals surface area contributed by atoms with Gasteiger partial charge in [0.15, 0.2) is 0 Å². The smallest absolute Gasteiger partial charge is 0.331 e. The molecular formula is C15H21N7O3. The highest BCUT2D eigenvalue weighted by molar-refractivity contribution is 5.95. The van der Waals surface area contributed by atoms with Crippen LogP contribution in [-0.2, 0) is 9.53 Å². The number of esters is 1. The van der Waals surface area contributed by atoms with E-state index in [1.165, 1.54) is 18.1 Å². The number of amides is 1. The number of methoxy groups -OCH3 is 1. The van der Waals surface area contributed by atoms with Gasteiger partial charge in [-0.3, -0.25) is 4.79 Å². The van der Waals surface area contributed by atoms with Crippen LogP contribution in [0.3, 0.4) is 0 Å². The van der Waals surface area contributed by atoms with Crippen molar-refractivity contribution in [1.82, 2.24) is 35.3 Å². The Kier molecular flexibility index (Phi) is 4.77. The van der Waals surface area contributed by atoms with Gasteiger partial charge in [0.05, 0.1) is 7.11 Å². The number of nitrogens with one attached hydrogen (secondary N) is 2. The fourth-order valence-corrected chi connectivity index (χ4v) is 3.17. The quantitative estimate of drug-likeness (QED) is 0.615. The van der Waals surface area contributed by atoms with Crippen LogP contribution in [0.4, 0.5) is 0 Å². The number of hydrogen-bond acceptors (Lipinski definition) is 7. The van der Waals surface area contributed by atoms with E-state index in [9.17, 15) is 9.59 Å². The number of aromatic nitrogens is 6. The van der Waals surface area contributed by atoms with Crippen molar-refractivity contribution in [2.75, 3.05) is 7.11 Å². The zero-order valence-electron chi connectivity index (χ0n) is 14.3. The van der Waals surface area contributed by atoms with Gasteiger partial charge in [-0.2, -0.15) is 14.8 Å². The van der Waals surface area contributed by atoms with Crippen molar-refractivity contribution in [3.05, 3.63) is 18.0 Å². The highest BCUT2D eigenvalue weighted by Gasteiger charge is 2.42. The molecule has 1 aliphatic rings. The Bertz CT molecular complexity index is 745. The Morgan fingerprint density at radius 1 is 1.28 bits per heavy atom. The van der Waals surface area contributed by atoms with Crippen molar-refractivity contribution in [3.8, 4) is 5.95 Å². The lowest BCUT2D eigenvalue weighted by Gasteiger charge is -2.30. The molecule has 25 heavy (non-hydrogen) atoms. The van der Waals surface area contributed by atoms with E-state index in [1.807, 2.05) is 0 Å². The molecule has 2 aromatic heterocycles. The topological polar surface area (TPSA) is 128 Å². The molecule has 10 heteroatoms. The second-order valence-electron chi connectivity index (χ2n) is 6.15. The van der Waals surface area contributed by atoms with Crippen LogP contribution in [0.25, 0.3) is 5.95 Å². The minimum atomic E-state index is -1.02. The van der Waals surface area contributed by atoms with Gasteiger partial charge in [-0.1, -0.05) is 25.7 Å². The Labute approximate surface area is 144 Å². The van der Waals surface area contributed by atoms with Crippen LogP contribution in [-0.4, -0.2) is 54.5 Å². The van der Waals surface area contributed by atoms with E-state index in [-0.39, 0.29) is 5.82 Å². The molecule has 1 saturated carbocycles. The first kappa shape index (κ1) is 17.1. The number of carbonyl (C=O) groups excluding carboxylic acids is 2. The summed E-state index contributed by atoms with van der Waals surface area (Å²) in [4.78, 5) is 33.2. The lowest BCUT2D eigenvalue weighted by atomic mass is 9.90. The molecule has 10 nitrogen and oxygen atoms in total. The van der Waals surface area contributed by atoms with Crippen LogP contribution in [0.1, 0.15) is 55.0 Å². The molecule has 0 aliphatic heterocycles. The minimum absolute atomic E-state index is 0.0265. The predicted molar refractivity (Wildman–Crippen MR) is 86.0 cm³/mol. The maximum absolute atomic E-state index is 12.7. The van der Waals surface area contributed by atoms with Gasteiger partial charge in [-0.05, 0) is 19.8 Å². The van der Waals surface area contributed by atoms with E-state index in [2.05, 4.69) is 30.6 Å². The van der Waals surface area contributed by atoms with E-state index in [4.69, 9.17) is 4.74 Å². The number of ether oxygens (including phenoxy) is 1. The fourth-order valence-electron chi connectivity index (χ4n) is 3.17. The maximum Gasteiger partial charge on any atom is 0.331 e. The summed E-state index contributed by atoms with van der Waals surface area (Å²) in [7, 11) is 1.34. The standard InChI is InChI=1S/C15H21N7O3/c1-10-18-11(21-22(10)14-16-9-17-20-14)12(23)19-15(13(24)25-2)7-5-3-4-6-8-15/h9H,3-8H2,1-2H3,(H,19,23)(H,16,17,20). The van der Waals surface area contributed by atoms with Crippen LogP contribution in [0.2, 0.25) is 0 Å². The predicted octanol–water partition coefficient (Wildman–Crippen LogP) is 0.690. The van der Waals surface area contributed by atoms with Crippen molar-refractivity contribution in [2.24, 2.45) is 0 Å². The lowest BCUT2D eigenvalue weighted by molar-refractivity contribution is -0.148. The third-order valence-corrected chi connectivity index (χ3v) is 4.46. The fraction of sp³-hybridized carbons (Fsp3) is 0.600. The van der Waals surface area contributed by atoms with Gasteiger partial charge in [-0.15, -0.1) is 5.10 Å². The first-order valence-electron chi connectivity index (χ1n) is 8.26. The third kappa shape index (κ3) is 3.37. The molecule has 0 bridgehead atoms. The zero-order chi connectivity index (χ0) is 17.9. The van der Waals surface area contributed by atoms with E-state index in [1.54, 1.807) is 6.92 Å². The van der Waals surface area contributed by atoms with Crippen LogP contribution in [0, 0.1) is 6.92 Å². The van der Waals surface area contributed by atoms with Gasteiger partial charge in [0.2, 0.25) is 11.8 Å². The van der Waals surface area contributed by atoms with Crippen LogP contribution in [0.15, 0.2) is 6.33 Å². The minimum Gasteiger partial charge on any atom is -0.467 e. The molecule has 3 rings (SSSR count). The number of aryl methyl sites for hydroxylation is 1. The van der Waals surface area contributed by atoms with Gasteiger partial charge in [0, 0.05) is 0 Å². The molecule has 134 valence electrons. The molecule has 1 aliphatic carbocycles. The summed E-state index contributed by atoms with van der Waals surface area (Å²) in [6.07, 6.45) is 6.22. The second kappa shape index (κ2) is 6.99. The molecule has 0 unspecified atom stereocenters. The third-order valence-electron chi connectivity index (χ3n) is 4.46. The molecular weight excluding hydrogens is 326 g/mol. The van der Waals surface area contributed by atoms with Gasteiger partial charge >= 0.3 is 5.97 Å². The normalized spacial score (nSPS) is 16.9. The second-order valence-corrected chi connectivity index (χ2v) is 6.15. The molecule has 0 radical (unpaired) electrons. The van der Waals surface area contributed by atoms with Crippen molar-refractivity contribution in [2.45, 2.75) is 51.0 Å². The lowest BCUT2D eigenvalue weighted by Crippen LogP contribution is -2.55. The number of nitrogens with zero attached hydrogens (tertiary/aromatic N) is 5. The monoisotopic (exact) mass is 347 g/mol. The summed E-state index contributed by atoms with van der Waals surface area (Å²) in [6, 6.07) is 0. The van der Waals surface area contributed by atoms with Crippen molar-refractivity contribution < 1.29 is 14.3 Å². The first-order chi connectivity index (χ1) is 12.1. The van der Waals surface area contributed by atoms with Crippen LogP contribution >= 0.6 is 0 Å². The summed E-state index contributed by atoms with van der Waals surface area (Å²) in [6.45, 7) is 1.70. The molecule has 1 fully saturated rings. The summed E-state index contributed by atoms with van der Waals surface area (Å²) in [5.74, 6) is -0.111. The van der Waals surface area contributed by atoms with Crippen LogP contribution < -0.4 is 5.32 Å². The Morgan fingerprint density at radius 3 is 2.60 bits per heavy atom. The number of H-pyrrole nitrogens is 1. The summed E-state index contributed by atoms with van der Waals surface area (Å²) >= 11 is 0. The molecule has 0 atom stereocenters. The molecule has 0 saturated heterocycles. The Hall–Kier alpha value is -2.78. The number of hydrogen-bond donors (Lipinski definition) is 2. The van der Waals surface area contributed by atoms with Crippen LogP contribution in [0.5, 0.6) is 0 Å². The SMILES string of the molecule is COC(=O)C1(NC(=O)c2nc(C)n(-c3ncn[nH]3)n2)CCCCCC1. The number of rotatable bonds is 4. The zero-order valence-corrected chi connectivity index (χ0v) is 14.3. The molecule has 0 aromatic carbocycles. The summed E-state index contributed by atoms with van der Waals surface area (Å²) in [5.41, 5.74) is -1.02. The average molecular weight is 347 g/mol. The maximum atomic E-state index is 12.7. The van der Waals surface area contributed by atoms with E-state index in [0.29, 0.717) is 24.6 Å². The van der Waals surface area contributed by atoms with Gasteiger partial charge in [0.1, 0.15) is 17.7 Å². The van der Waals surface area contributed by atoms with Crippen molar-refractivity contribution >= 4 is 11.9 Å². The highest BCUT2D eigenvalue weighted by atomic mass is 16.5. The largest absolute Gasteiger partial charge is 0.467 e. The average Bonchev–Trinajstić information content (AvgIpc) is 3.20. The Balaban J connectivity index is 1.84. The van der Waals surface area contributed by atoms with E-state index >= 15 is 0 Å². The molecule has 2 N–H and O–H groups in total. The molecule has 1 amide bonds. The van der Waals surface area contributed by atoms with Gasteiger partial charge < -0.3 is 10.1 Å². The summed E-state index contributed by atoms with van der Waals surface area (Å²) < 4.78 is 6.34. The Morgan fingerprint density at radius 2 is 2.00 bits per heavy atom. The van der Waals surface area contributed by atoms with Crippen molar-refractivity contribution in [3.63, 3.8) is 0 Å².